The summed E-state index contributed by atoms with van der Waals surface area (Å²) in [7, 11) is -1.94. The number of hydrogen-bond donors (Lipinski definition) is 1. The molecule has 1 fully saturated rings. The summed E-state index contributed by atoms with van der Waals surface area (Å²) in [5.41, 5.74) is 1.39. The summed E-state index contributed by atoms with van der Waals surface area (Å²) in [6.45, 7) is 1.02. The van der Waals surface area contributed by atoms with E-state index >= 15 is 0 Å². The van der Waals surface area contributed by atoms with Gasteiger partial charge in [0.1, 0.15) is 23.2 Å². The van der Waals surface area contributed by atoms with Crippen molar-refractivity contribution in [1.29, 1.82) is 0 Å². The molecule has 0 aliphatic carbocycles. The third-order valence-electron chi connectivity index (χ3n) is 4.79. The number of amides is 1. The lowest BCUT2D eigenvalue weighted by molar-refractivity contribution is 0.101. The molecule has 3 heterocycles. The van der Waals surface area contributed by atoms with Gasteiger partial charge in [-0.2, -0.15) is 9.40 Å². The Bertz CT molecular complexity index is 1150. The van der Waals surface area contributed by atoms with Gasteiger partial charge in [-0.15, -0.1) is 0 Å². The van der Waals surface area contributed by atoms with Crippen LogP contribution in [0.3, 0.4) is 0 Å². The van der Waals surface area contributed by atoms with E-state index in [0.717, 1.165) is 17.3 Å². The molecule has 0 radical (unpaired) electrons. The van der Waals surface area contributed by atoms with Gasteiger partial charge in [0.05, 0.1) is 11.4 Å². The summed E-state index contributed by atoms with van der Waals surface area (Å²) in [4.78, 5) is 17.0. The number of rotatable bonds is 5. The Morgan fingerprint density at radius 2 is 1.97 bits per heavy atom. The third-order valence-corrected chi connectivity index (χ3v) is 7.14. The van der Waals surface area contributed by atoms with Crippen molar-refractivity contribution in [3.05, 3.63) is 53.3 Å². The molecule has 1 aliphatic rings. The number of sulfonamides is 1. The van der Waals surface area contributed by atoms with Crippen LogP contribution in [0.4, 0.5) is 5.69 Å². The Kier molecular flexibility index (Phi) is 5.28. The van der Waals surface area contributed by atoms with E-state index in [2.05, 4.69) is 31.3 Å². The van der Waals surface area contributed by atoms with Crippen LogP contribution in [0.15, 0.2) is 52.5 Å². The molecule has 1 N–H and O–H groups in total. The number of anilines is 1. The molecule has 9 nitrogen and oxygen atoms in total. The fraction of sp³-hybridized carbons (Fsp3) is 0.278. The summed E-state index contributed by atoms with van der Waals surface area (Å²) in [6, 6.07) is 6.79. The van der Waals surface area contributed by atoms with Crippen molar-refractivity contribution in [2.75, 3.05) is 18.4 Å². The molecule has 4 rings (SSSR count). The summed E-state index contributed by atoms with van der Waals surface area (Å²) in [6.07, 6.45) is 6.12. The summed E-state index contributed by atoms with van der Waals surface area (Å²) >= 11 is 3.40. The molecular weight excluding hydrogens is 460 g/mol. The van der Waals surface area contributed by atoms with Crippen LogP contribution in [0.2, 0.25) is 0 Å². The van der Waals surface area contributed by atoms with Gasteiger partial charge in [0.25, 0.3) is 5.91 Å². The maximum atomic E-state index is 12.9. The topological polar surface area (TPSA) is 102 Å². The van der Waals surface area contributed by atoms with Crippen LogP contribution in [-0.2, 0) is 17.1 Å². The van der Waals surface area contributed by atoms with Gasteiger partial charge in [-0.1, -0.05) is 15.9 Å². The van der Waals surface area contributed by atoms with Gasteiger partial charge >= 0.3 is 0 Å². The van der Waals surface area contributed by atoms with Gasteiger partial charge in [0.2, 0.25) is 10.0 Å². The maximum Gasteiger partial charge on any atom is 0.272 e. The molecule has 1 saturated heterocycles. The summed E-state index contributed by atoms with van der Waals surface area (Å²) in [5.74, 6) is -0.421. The monoisotopic (exact) mass is 478 g/mol. The van der Waals surface area contributed by atoms with Crippen molar-refractivity contribution >= 4 is 37.5 Å². The molecule has 0 unspecified atom stereocenters. The Morgan fingerprint density at radius 3 is 2.66 bits per heavy atom. The molecule has 0 bridgehead atoms. The second kappa shape index (κ2) is 7.73. The van der Waals surface area contributed by atoms with Crippen LogP contribution in [0.1, 0.15) is 23.3 Å². The molecule has 11 heteroatoms. The summed E-state index contributed by atoms with van der Waals surface area (Å²) in [5, 5.41) is 6.95. The van der Waals surface area contributed by atoms with E-state index in [0.29, 0.717) is 24.5 Å². The lowest BCUT2D eigenvalue weighted by atomic mass is 10.2. The highest BCUT2D eigenvalue weighted by atomic mass is 79.9. The van der Waals surface area contributed by atoms with Gasteiger partial charge in [-0.25, -0.2) is 18.1 Å². The number of carbonyl (C=O) groups excluding carboxylic acids is 1. The zero-order valence-electron chi connectivity index (χ0n) is 15.6. The highest BCUT2D eigenvalue weighted by Crippen LogP contribution is 2.26. The first-order valence-corrected chi connectivity index (χ1v) is 11.2. The average Bonchev–Trinajstić information content (AvgIpc) is 3.43. The number of hydrogen-bond acceptors (Lipinski definition) is 5. The smallest absolute Gasteiger partial charge is 0.272 e. The molecule has 152 valence electrons. The highest BCUT2D eigenvalue weighted by molar-refractivity contribution is 9.10. The molecule has 0 spiro atoms. The van der Waals surface area contributed by atoms with Crippen LogP contribution in [0.25, 0.3) is 5.69 Å². The zero-order chi connectivity index (χ0) is 20.6. The minimum absolute atomic E-state index is 0.123. The van der Waals surface area contributed by atoms with Crippen LogP contribution in [0, 0.1) is 0 Å². The first-order valence-electron chi connectivity index (χ1n) is 8.99. The molecule has 0 atom stereocenters. The van der Waals surface area contributed by atoms with E-state index in [9.17, 15) is 13.2 Å². The van der Waals surface area contributed by atoms with E-state index in [1.807, 2.05) is 6.07 Å². The molecule has 3 aromatic rings. The molecule has 1 amide bonds. The van der Waals surface area contributed by atoms with E-state index in [1.165, 1.54) is 38.5 Å². The van der Waals surface area contributed by atoms with E-state index in [1.54, 1.807) is 19.2 Å². The third kappa shape index (κ3) is 3.85. The van der Waals surface area contributed by atoms with Gasteiger partial charge in [-0.3, -0.25) is 4.79 Å². The summed E-state index contributed by atoms with van der Waals surface area (Å²) < 4.78 is 30.9. The van der Waals surface area contributed by atoms with Crippen LogP contribution in [-0.4, -0.2) is 51.1 Å². The van der Waals surface area contributed by atoms with Crippen molar-refractivity contribution in [2.24, 2.45) is 7.05 Å². The van der Waals surface area contributed by atoms with Crippen molar-refractivity contribution in [3.8, 4) is 5.69 Å². The molecular formula is C18H19BrN6O3S. The van der Waals surface area contributed by atoms with Gasteiger partial charge < -0.3 is 9.88 Å². The average molecular weight is 479 g/mol. The molecule has 1 aromatic carbocycles. The standard InChI is InChI=1S/C18H19BrN6O3S/c1-23-10-14(29(27,28)24-6-2-3-7-24)9-17(23)18(26)22-15-8-13(19)4-5-16(15)25-12-20-11-21-25/h4-5,8-12H,2-3,6-7H2,1H3,(H,22,26). The van der Waals surface area contributed by atoms with Crippen LogP contribution in [0.5, 0.6) is 0 Å². The maximum absolute atomic E-state index is 12.9. The fourth-order valence-corrected chi connectivity index (χ4v) is 5.26. The van der Waals surface area contributed by atoms with Crippen molar-refractivity contribution in [3.63, 3.8) is 0 Å². The quantitative estimate of drug-likeness (QED) is 0.606. The second-order valence-corrected chi connectivity index (χ2v) is 9.59. The predicted molar refractivity (Wildman–Crippen MR) is 110 cm³/mol. The lowest BCUT2D eigenvalue weighted by Gasteiger charge is -2.13. The number of carbonyl (C=O) groups is 1. The number of halogens is 1. The van der Waals surface area contributed by atoms with E-state index in [-0.39, 0.29) is 10.6 Å². The minimum Gasteiger partial charge on any atom is -0.345 e. The first kappa shape index (κ1) is 19.8. The SMILES string of the molecule is Cn1cc(S(=O)(=O)N2CCCC2)cc1C(=O)Nc1cc(Br)ccc1-n1cncn1. The number of nitrogens with one attached hydrogen (secondary N) is 1. The number of benzene rings is 1. The number of aryl methyl sites for hydroxylation is 1. The molecule has 0 saturated carbocycles. The first-order chi connectivity index (χ1) is 13.9. The Morgan fingerprint density at radius 1 is 1.21 bits per heavy atom. The van der Waals surface area contributed by atoms with Crippen molar-refractivity contribution in [1.82, 2.24) is 23.6 Å². The number of aromatic nitrogens is 4. The minimum atomic E-state index is -3.59. The molecule has 29 heavy (non-hydrogen) atoms. The van der Waals surface area contributed by atoms with E-state index in [4.69, 9.17) is 0 Å². The predicted octanol–water partition coefficient (Wildman–Crippen LogP) is 2.41. The van der Waals surface area contributed by atoms with E-state index < -0.39 is 15.9 Å². The zero-order valence-corrected chi connectivity index (χ0v) is 18.0. The van der Waals surface area contributed by atoms with Gasteiger partial charge in [0.15, 0.2) is 0 Å². The Labute approximate surface area is 176 Å². The Hall–Kier alpha value is -2.50. The van der Waals surface area contributed by atoms with Gasteiger partial charge in [0, 0.05) is 30.8 Å². The fourth-order valence-electron chi connectivity index (χ4n) is 3.31. The molecule has 1 aliphatic heterocycles. The number of nitrogens with zero attached hydrogens (tertiary/aromatic N) is 5. The lowest BCUT2D eigenvalue weighted by Crippen LogP contribution is -2.27. The second-order valence-electron chi connectivity index (χ2n) is 6.74. The van der Waals surface area contributed by atoms with Crippen LogP contribution < -0.4 is 5.32 Å². The normalized spacial score (nSPS) is 15.0. The van der Waals surface area contributed by atoms with Crippen molar-refractivity contribution in [2.45, 2.75) is 17.7 Å². The highest BCUT2D eigenvalue weighted by Gasteiger charge is 2.29. The van der Waals surface area contributed by atoms with Crippen LogP contribution >= 0.6 is 15.9 Å². The molecule has 2 aromatic heterocycles. The largest absolute Gasteiger partial charge is 0.345 e. The van der Waals surface area contributed by atoms with Crippen molar-refractivity contribution < 1.29 is 13.2 Å². The van der Waals surface area contributed by atoms with Gasteiger partial charge in [-0.05, 0) is 37.1 Å². The Balaban J connectivity index is 1.64.